The molecule has 0 aromatic carbocycles. The Morgan fingerprint density at radius 2 is 1.94 bits per heavy atom. The summed E-state index contributed by atoms with van der Waals surface area (Å²) in [5.41, 5.74) is 5.51. The lowest BCUT2D eigenvalue weighted by Gasteiger charge is -2.15. The van der Waals surface area contributed by atoms with E-state index in [9.17, 15) is 9.59 Å². The number of carbonyl (C=O) groups is 2. The third kappa shape index (κ3) is 7.74. The minimum atomic E-state index is -1.01. The fourth-order valence-electron chi connectivity index (χ4n) is 1.79. The summed E-state index contributed by atoms with van der Waals surface area (Å²) in [5.74, 6) is -0.737. The Labute approximate surface area is 103 Å². The van der Waals surface area contributed by atoms with Crippen molar-refractivity contribution in [2.75, 3.05) is 6.54 Å². The van der Waals surface area contributed by atoms with Gasteiger partial charge in [-0.15, -0.1) is 0 Å². The monoisotopic (exact) mass is 244 g/mol. The fraction of sp³-hybridized carbons (Fsp3) is 0.833. The number of hydrogen-bond acceptors (Lipinski definition) is 3. The molecule has 0 rings (SSSR count). The highest BCUT2D eigenvalue weighted by Crippen LogP contribution is 2.16. The molecule has 0 saturated heterocycles. The first kappa shape index (κ1) is 15.9. The summed E-state index contributed by atoms with van der Waals surface area (Å²) in [5, 5.41) is 11.1. The van der Waals surface area contributed by atoms with E-state index in [1.165, 1.54) is 6.92 Å². The lowest BCUT2D eigenvalue weighted by molar-refractivity contribution is -0.141. The Morgan fingerprint density at radius 3 is 2.41 bits per heavy atom. The van der Waals surface area contributed by atoms with Crippen LogP contribution in [0.15, 0.2) is 0 Å². The first-order valence-electron chi connectivity index (χ1n) is 6.23. The largest absolute Gasteiger partial charge is 0.480 e. The molecule has 5 heteroatoms. The molecule has 0 heterocycles. The third-order valence-electron chi connectivity index (χ3n) is 2.80. The van der Waals surface area contributed by atoms with Gasteiger partial charge in [-0.1, -0.05) is 19.8 Å². The van der Waals surface area contributed by atoms with Crippen LogP contribution in [-0.2, 0) is 9.59 Å². The molecule has 0 aliphatic rings. The average Bonchev–Trinajstić information content (AvgIpc) is 2.26. The van der Waals surface area contributed by atoms with Gasteiger partial charge in [0.15, 0.2) is 0 Å². The zero-order valence-electron chi connectivity index (χ0n) is 10.7. The topological polar surface area (TPSA) is 92.4 Å². The van der Waals surface area contributed by atoms with Crippen LogP contribution < -0.4 is 11.1 Å². The van der Waals surface area contributed by atoms with E-state index in [0.717, 1.165) is 25.7 Å². The predicted molar refractivity (Wildman–Crippen MR) is 66.5 cm³/mol. The van der Waals surface area contributed by atoms with E-state index in [4.69, 9.17) is 10.8 Å². The summed E-state index contributed by atoms with van der Waals surface area (Å²) in [6, 6.07) is -0.818. The Hall–Kier alpha value is -1.10. The van der Waals surface area contributed by atoms with Gasteiger partial charge >= 0.3 is 5.97 Å². The molecule has 2 unspecified atom stereocenters. The molecule has 1 amide bonds. The van der Waals surface area contributed by atoms with Gasteiger partial charge < -0.3 is 16.2 Å². The Morgan fingerprint density at radius 1 is 1.29 bits per heavy atom. The highest BCUT2D eigenvalue weighted by molar-refractivity contribution is 5.83. The Balaban J connectivity index is 3.90. The molecular weight excluding hydrogens is 220 g/mol. The van der Waals surface area contributed by atoms with Crippen molar-refractivity contribution >= 4 is 11.9 Å². The first-order valence-corrected chi connectivity index (χ1v) is 6.23. The van der Waals surface area contributed by atoms with Crippen LogP contribution in [0.5, 0.6) is 0 Å². The van der Waals surface area contributed by atoms with E-state index >= 15 is 0 Å². The number of carbonyl (C=O) groups excluding carboxylic acids is 1. The standard InChI is InChI=1S/C12H24N2O3/c1-3-4-10(7-8-13)5-6-11(15)14-9(2)12(16)17/h9-10H,3-8,13H2,1-2H3,(H,14,15)(H,16,17). The molecule has 5 nitrogen and oxygen atoms in total. The van der Waals surface area contributed by atoms with E-state index in [1.54, 1.807) is 0 Å². The van der Waals surface area contributed by atoms with Gasteiger partial charge in [0, 0.05) is 6.42 Å². The smallest absolute Gasteiger partial charge is 0.325 e. The van der Waals surface area contributed by atoms with Crippen molar-refractivity contribution in [1.29, 1.82) is 0 Å². The van der Waals surface area contributed by atoms with E-state index in [2.05, 4.69) is 12.2 Å². The minimum Gasteiger partial charge on any atom is -0.480 e. The van der Waals surface area contributed by atoms with Gasteiger partial charge in [-0.3, -0.25) is 9.59 Å². The first-order chi connectivity index (χ1) is 8.01. The molecule has 0 radical (unpaired) electrons. The van der Waals surface area contributed by atoms with Crippen LogP contribution in [0.1, 0.15) is 46.0 Å². The number of rotatable bonds is 9. The van der Waals surface area contributed by atoms with E-state index in [0.29, 0.717) is 18.9 Å². The molecule has 4 N–H and O–H groups in total. The second kappa shape index (κ2) is 8.98. The van der Waals surface area contributed by atoms with Crippen molar-refractivity contribution in [2.45, 2.75) is 52.0 Å². The number of carboxylic acids is 1. The van der Waals surface area contributed by atoms with Crippen LogP contribution in [0, 0.1) is 5.92 Å². The van der Waals surface area contributed by atoms with Crippen molar-refractivity contribution in [1.82, 2.24) is 5.32 Å². The number of carboxylic acid groups (broad SMARTS) is 1. The van der Waals surface area contributed by atoms with Crippen LogP contribution in [-0.4, -0.2) is 29.6 Å². The second-order valence-electron chi connectivity index (χ2n) is 4.40. The van der Waals surface area contributed by atoms with Crippen molar-refractivity contribution in [3.05, 3.63) is 0 Å². The van der Waals surface area contributed by atoms with Crippen molar-refractivity contribution in [3.8, 4) is 0 Å². The zero-order chi connectivity index (χ0) is 13.3. The van der Waals surface area contributed by atoms with Gasteiger partial charge in [-0.05, 0) is 32.2 Å². The number of aliphatic carboxylic acids is 1. The number of hydrogen-bond donors (Lipinski definition) is 3. The Kier molecular flexibility index (Phi) is 8.40. The molecule has 0 aromatic rings. The number of nitrogens with two attached hydrogens (primary N) is 1. The van der Waals surface area contributed by atoms with Crippen molar-refractivity contribution < 1.29 is 14.7 Å². The number of amides is 1. The maximum Gasteiger partial charge on any atom is 0.325 e. The second-order valence-corrected chi connectivity index (χ2v) is 4.40. The quantitative estimate of drug-likeness (QED) is 0.566. The lowest BCUT2D eigenvalue weighted by atomic mass is 9.94. The minimum absolute atomic E-state index is 0.196. The molecule has 0 aliphatic heterocycles. The Bertz CT molecular complexity index is 238. The van der Waals surface area contributed by atoms with Crippen LogP contribution in [0.25, 0.3) is 0 Å². The predicted octanol–water partition coefficient (Wildman–Crippen LogP) is 1.12. The maximum absolute atomic E-state index is 11.5. The molecule has 0 spiro atoms. The molecule has 0 saturated carbocycles. The molecule has 0 aliphatic carbocycles. The highest BCUT2D eigenvalue weighted by Gasteiger charge is 2.15. The number of nitrogens with one attached hydrogen (secondary N) is 1. The summed E-state index contributed by atoms with van der Waals surface area (Å²) in [7, 11) is 0. The average molecular weight is 244 g/mol. The molecular formula is C12H24N2O3. The van der Waals surface area contributed by atoms with Crippen molar-refractivity contribution in [3.63, 3.8) is 0 Å². The van der Waals surface area contributed by atoms with Gasteiger partial charge in [-0.2, -0.15) is 0 Å². The molecule has 100 valence electrons. The van der Waals surface area contributed by atoms with Gasteiger partial charge in [0.2, 0.25) is 5.91 Å². The van der Waals surface area contributed by atoms with Crippen LogP contribution in [0.4, 0.5) is 0 Å². The van der Waals surface area contributed by atoms with E-state index in [-0.39, 0.29) is 5.91 Å². The maximum atomic E-state index is 11.5. The molecule has 0 aromatic heterocycles. The summed E-state index contributed by atoms with van der Waals surface area (Å²) in [6.45, 7) is 4.21. The SMILES string of the molecule is CCCC(CCN)CCC(=O)NC(C)C(=O)O. The van der Waals surface area contributed by atoms with Gasteiger partial charge in [0.05, 0.1) is 0 Å². The molecule has 0 bridgehead atoms. The highest BCUT2D eigenvalue weighted by atomic mass is 16.4. The van der Waals surface area contributed by atoms with Crippen molar-refractivity contribution in [2.24, 2.45) is 11.7 Å². The normalized spacial score (nSPS) is 14.1. The molecule has 17 heavy (non-hydrogen) atoms. The molecule has 2 atom stereocenters. The zero-order valence-corrected chi connectivity index (χ0v) is 10.7. The summed E-state index contributed by atoms with van der Waals surface area (Å²) in [4.78, 5) is 22.0. The summed E-state index contributed by atoms with van der Waals surface area (Å²) in [6.07, 6.45) is 4.23. The van der Waals surface area contributed by atoms with E-state index < -0.39 is 12.0 Å². The van der Waals surface area contributed by atoms with Crippen LogP contribution >= 0.6 is 0 Å². The molecule has 0 fully saturated rings. The van der Waals surface area contributed by atoms with Crippen LogP contribution in [0.2, 0.25) is 0 Å². The lowest BCUT2D eigenvalue weighted by Crippen LogP contribution is -2.38. The summed E-state index contributed by atoms with van der Waals surface area (Å²) >= 11 is 0. The third-order valence-corrected chi connectivity index (χ3v) is 2.80. The fourth-order valence-corrected chi connectivity index (χ4v) is 1.79. The van der Waals surface area contributed by atoms with Gasteiger partial charge in [0.1, 0.15) is 6.04 Å². The van der Waals surface area contributed by atoms with Gasteiger partial charge in [-0.25, -0.2) is 0 Å². The van der Waals surface area contributed by atoms with Crippen LogP contribution in [0.3, 0.4) is 0 Å². The van der Waals surface area contributed by atoms with Gasteiger partial charge in [0.25, 0.3) is 0 Å². The summed E-state index contributed by atoms with van der Waals surface area (Å²) < 4.78 is 0. The van der Waals surface area contributed by atoms with E-state index in [1.807, 2.05) is 0 Å².